The zero-order valence-electron chi connectivity index (χ0n) is 21.0. The van der Waals surface area contributed by atoms with Crippen LogP contribution in [-0.2, 0) is 5.41 Å². The summed E-state index contributed by atoms with van der Waals surface area (Å²) in [6.45, 7) is 4.73. The molecule has 0 aromatic heterocycles. The molecule has 0 bridgehead atoms. The molecule has 0 aliphatic heterocycles. The summed E-state index contributed by atoms with van der Waals surface area (Å²) in [4.78, 5) is 0. The molecule has 0 nitrogen and oxygen atoms in total. The van der Waals surface area contributed by atoms with Crippen LogP contribution in [0.1, 0.15) is 58.4 Å². The molecule has 0 radical (unpaired) electrons. The topological polar surface area (TPSA) is 0 Å². The zero-order valence-corrected chi connectivity index (χ0v) is 21.0. The van der Waals surface area contributed by atoms with Gasteiger partial charge in [-0.3, -0.25) is 0 Å². The van der Waals surface area contributed by atoms with Gasteiger partial charge in [-0.05, 0) is 84.0 Å². The monoisotopic (exact) mass is 470 g/mol. The van der Waals surface area contributed by atoms with E-state index in [1.807, 2.05) is 0 Å². The molecule has 5 aromatic rings. The highest BCUT2D eigenvalue weighted by molar-refractivity contribution is 6.35. The van der Waals surface area contributed by atoms with Crippen molar-refractivity contribution >= 4 is 22.3 Å². The lowest BCUT2D eigenvalue weighted by Crippen LogP contribution is -2.15. The van der Waals surface area contributed by atoms with Gasteiger partial charge in [0.1, 0.15) is 0 Å². The molecule has 0 atom stereocenters. The summed E-state index contributed by atoms with van der Waals surface area (Å²) in [5.74, 6) is 0. The molecule has 0 amide bonds. The first-order valence-corrected chi connectivity index (χ1v) is 13.1. The van der Waals surface area contributed by atoms with E-state index in [1.54, 1.807) is 0 Å². The van der Waals surface area contributed by atoms with Crippen molar-refractivity contribution in [3.63, 3.8) is 0 Å². The molecule has 0 N–H and O–H groups in total. The van der Waals surface area contributed by atoms with E-state index in [9.17, 15) is 0 Å². The van der Waals surface area contributed by atoms with E-state index in [0.717, 1.165) is 0 Å². The summed E-state index contributed by atoms with van der Waals surface area (Å²) in [6.07, 6.45) is 0. The van der Waals surface area contributed by atoms with Crippen LogP contribution in [0.3, 0.4) is 0 Å². The van der Waals surface area contributed by atoms with Crippen LogP contribution in [0.15, 0.2) is 121 Å². The smallest absolute Gasteiger partial charge is 0.0159 e. The maximum absolute atomic E-state index is 2.47. The number of hydrogen-bond acceptors (Lipinski definition) is 0. The fourth-order valence-electron chi connectivity index (χ4n) is 6.96. The molecule has 0 spiro atoms. The molecule has 3 aliphatic rings. The average molecular weight is 471 g/mol. The Labute approximate surface area is 218 Å². The molecule has 0 saturated heterocycles. The number of benzene rings is 5. The Bertz CT molecular complexity index is 1830. The minimum Gasteiger partial charge on any atom is -0.0622 e. The predicted molar refractivity (Wildman–Crippen MR) is 155 cm³/mol. The van der Waals surface area contributed by atoms with Gasteiger partial charge < -0.3 is 0 Å². The third-order valence-electron chi connectivity index (χ3n) is 8.62. The Morgan fingerprint density at radius 1 is 0.351 bits per heavy atom. The minimum absolute atomic E-state index is 0.0211. The van der Waals surface area contributed by atoms with Crippen molar-refractivity contribution in [2.45, 2.75) is 19.3 Å². The zero-order chi connectivity index (χ0) is 24.7. The van der Waals surface area contributed by atoms with Crippen LogP contribution in [0, 0.1) is 0 Å². The lowest BCUT2D eigenvalue weighted by atomic mass is 9.81. The maximum atomic E-state index is 2.47. The van der Waals surface area contributed by atoms with Gasteiger partial charge in [-0.2, -0.15) is 0 Å². The Kier molecular flexibility index (Phi) is 4.10. The quantitative estimate of drug-likeness (QED) is 0.241. The van der Waals surface area contributed by atoms with Crippen LogP contribution in [-0.4, -0.2) is 0 Å². The first-order valence-electron chi connectivity index (χ1n) is 13.1. The Hall–Kier alpha value is -4.42. The number of rotatable bonds is 2. The second kappa shape index (κ2) is 7.31. The van der Waals surface area contributed by atoms with Crippen LogP contribution in [0.5, 0.6) is 0 Å². The SMILES string of the molecule is CC1(C)c2ccccc2-c2ccc(C3=C4C(=C(c5ccccc5)c5ccccc54)c4ccccc43)cc21. The highest BCUT2D eigenvalue weighted by Crippen LogP contribution is 2.59. The summed E-state index contributed by atoms with van der Waals surface area (Å²) < 4.78 is 0. The fourth-order valence-corrected chi connectivity index (χ4v) is 6.96. The van der Waals surface area contributed by atoms with Crippen molar-refractivity contribution in [2.75, 3.05) is 0 Å². The molecular formula is C37H26. The maximum Gasteiger partial charge on any atom is 0.0159 e. The normalized spacial score (nSPS) is 15.8. The average Bonchev–Trinajstić information content (AvgIpc) is 3.53. The van der Waals surface area contributed by atoms with Crippen molar-refractivity contribution in [2.24, 2.45) is 0 Å². The summed E-state index contributed by atoms with van der Waals surface area (Å²) in [6, 6.07) is 44.9. The second-order valence-electron chi connectivity index (χ2n) is 10.9. The lowest BCUT2D eigenvalue weighted by molar-refractivity contribution is 0.660. The van der Waals surface area contributed by atoms with Crippen LogP contribution >= 0.6 is 0 Å². The number of allylic oxidation sites excluding steroid dienone is 2. The van der Waals surface area contributed by atoms with Crippen LogP contribution in [0.2, 0.25) is 0 Å². The van der Waals surface area contributed by atoms with E-state index < -0.39 is 0 Å². The predicted octanol–water partition coefficient (Wildman–Crippen LogP) is 9.24. The largest absolute Gasteiger partial charge is 0.0622 e. The second-order valence-corrected chi connectivity index (χ2v) is 10.9. The summed E-state index contributed by atoms with van der Waals surface area (Å²) in [5.41, 5.74) is 19.0. The highest BCUT2D eigenvalue weighted by atomic mass is 14.4. The van der Waals surface area contributed by atoms with Gasteiger partial charge in [-0.25, -0.2) is 0 Å². The molecule has 8 rings (SSSR count). The minimum atomic E-state index is -0.0211. The van der Waals surface area contributed by atoms with Crippen molar-refractivity contribution in [3.8, 4) is 11.1 Å². The first-order chi connectivity index (χ1) is 18.1. The van der Waals surface area contributed by atoms with Crippen molar-refractivity contribution in [1.82, 2.24) is 0 Å². The standard InChI is InChI=1S/C37H26/c1-37(2)31-19-11-10-14-25(31)26-21-20-24(22-32(26)37)34-28-16-7-9-18-30(28)35-33(23-12-4-3-5-13-23)27-15-6-8-17-29(27)36(34)35/h3-22H,1-2H3. The lowest BCUT2D eigenvalue weighted by Gasteiger charge is -2.22. The van der Waals surface area contributed by atoms with Crippen LogP contribution < -0.4 is 0 Å². The fraction of sp³-hybridized carbons (Fsp3) is 0.0811. The third kappa shape index (κ3) is 2.68. The van der Waals surface area contributed by atoms with Crippen LogP contribution in [0.4, 0.5) is 0 Å². The van der Waals surface area contributed by atoms with E-state index in [1.165, 1.54) is 77.9 Å². The molecule has 174 valence electrons. The van der Waals surface area contributed by atoms with Gasteiger partial charge >= 0.3 is 0 Å². The van der Waals surface area contributed by atoms with E-state index in [2.05, 4.69) is 135 Å². The number of hydrogen-bond donors (Lipinski definition) is 0. The van der Waals surface area contributed by atoms with Crippen LogP contribution in [0.25, 0.3) is 33.4 Å². The van der Waals surface area contributed by atoms with Gasteiger partial charge in [0.05, 0.1) is 0 Å². The van der Waals surface area contributed by atoms with E-state index in [-0.39, 0.29) is 5.41 Å². The molecule has 0 fully saturated rings. The molecule has 37 heavy (non-hydrogen) atoms. The van der Waals surface area contributed by atoms with Gasteiger partial charge in [0.25, 0.3) is 0 Å². The molecule has 0 heterocycles. The molecule has 3 aliphatic carbocycles. The molecule has 0 saturated carbocycles. The molecule has 5 aromatic carbocycles. The molecule has 0 unspecified atom stereocenters. The summed E-state index contributed by atoms with van der Waals surface area (Å²) in [5, 5.41) is 0. The first kappa shape index (κ1) is 20.7. The van der Waals surface area contributed by atoms with E-state index in [0.29, 0.717) is 0 Å². The van der Waals surface area contributed by atoms with Gasteiger partial charge in [0.2, 0.25) is 0 Å². The Balaban J connectivity index is 1.45. The van der Waals surface area contributed by atoms with Gasteiger partial charge in [-0.1, -0.05) is 129 Å². The van der Waals surface area contributed by atoms with Gasteiger partial charge in [-0.15, -0.1) is 0 Å². The summed E-state index contributed by atoms with van der Waals surface area (Å²) >= 11 is 0. The van der Waals surface area contributed by atoms with E-state index >= 15 is 0 Å². The van der Waals surface area contributed by atoms with Gasteiger partial charge in [0.15, 0.2) is 0 Å². The Morgan fingerprint density at radius 2 is 0.811 bits per heavy atom. The molecular weight excluding hydrogens is 444 g/mol. The third-order valence-corrected chi connectivity index (χ3v) is 8.62. The van der Waals surface area contributed by atoms with Crippen molar-refractivity contribution in [3.05, 3.63) is 166 Å². The van der Waals surface area contributed by atoms with Gasteiger partial charge in [0, 0.05) is 5.41 Å². The molecule has 0 heteroatoms. The Morgan fingerprint density at radius 3 is 1.43 bits per heavy atom. The van der Waals surface area contributed by atoms with E-state index in [4.69, 9.17) is 0 Å². The van der Waals surface area contributed by atoms with Crippen molar-refractivity contribution in [1.29, 1.82) is 0 Å². The van der Waals surface area contributed by atoms with Crippen molar-refractivity contribution < 1.29 is 0 Å². The summed E-state index contributed by atoms with van der Waals surface area (Å²) in [7, 11) is 0. The number of fused-ring (bicyclic) bond motifs is 8. The highest BCUT2D eigenvalue weighted by Gasteiger charge is 2.39.